The maximum absolute atomic E-state index is 5.88. The first kappa shape index (κ1) is 10.8. The molecule has 0 saturated heterocycles. The van der Waals surface area contributed by atoms with E-state index in [0.717, 1.165) is 22.1 Å². The van der Waals surface area contributed by atoms with Crippen molar-refractivity contribution < 1.29 is 0 Å². The highest BCUT2D eigenvalue weighted by atomic mass is 35.5. The minimum absolute atomic E-state index is 0.635. The van der Waals surface area contributed by atoms with Crippen molar-refractivity contribution in [3.8, 4) is 11.3 Å². The summed E-state index contributed by atoms with van der Waals surface area (Å²) < 4.78 is 0. The first-order valence-electron chi connectivity index (χ1n) is 6.14. The zero-order chi connectivity index (χ0) is 11.7. The molecule has 1 aliphatic carbocycles. The molecule has 3 rings (SSSR count). The van der Waals surface area contributed by atoms with Gasteiger partial charge in [-0.15, -0.1) is 0 Å². The van der Waals surface area contributed by atoms with E-state index in [1.807, 2.05) is 30.5 Å². The molecule has 0 unspecified atom stereocenters. The lowest BCUT2D eigenvalue weighted by molar-refractivity contribution is 0.679. The Labute approximate surface area is 106 Å². The fraction of sp³-hybridized carbons (Fsp3) is 0.357. The van der Waals surface area contributed by atoms with E-state index >= 15 is 0 Å². The molecule has 0 atom stereocenters. The minimum atomic E-state index is 0.635. The van der Waals surface area contributed by atoms with E-state index < -0.39 is 0 Å². The second kappa shape index (κ2) is 4.53. The molecule has 1 fully saturated rings. The van der Waals surface area contributed by atoms with E-state index in [2.05, 4.69) is 9.97 Å². The van der Waals surface area contributed by atoms with Crippen LogP contribution in [0.15, 0.2) is 30.5 Å². The molecule has 0 spiro atoms. The largest absolute Gasteiger partial charge is 0.342 e. The molecule has 17 heavy (non-hydrogen) atoms. The van der Waals surface area contributed by atoms with Crippen LogP contribution in [0.25, 0.3) is 11.3 Å². The average Bonchev–Trinajstić information content (AvgIpc) is 3.00. The number of nitrogens with one attached hydrogen (secondary N) is 1. The number of hydrogen-bond donors (Lipinski definition) is 1. The molecular weight excluding hydrogens is 232 g/mol. The summed E-state index contributed by atoms with van der Waals surface area (Å²) in [4.78, 5) is 7.95. The van der Waals surface area contributed by atoms with Gasteiger partial charge in [-0.25, -0.2) is 4.98 Å². The SMILES string of the molecule is Clc1ccc(-c2cnc(C3CCCC3)[nH]2)cc1. The number of nitrogens with zero attached hydrogens (tertiary/aromatic N) is 1. The molecule has 1 heterocycles. The van der Waals surface area contributed by atoms with E-state index in [0.29, 0.717) is 5.92 Å². The zero-order valence-electron chi connectivity index (χ0n) is 9.62. The lowest BCUT2D eigenvalue weighted by atomic mass is 10.1. The van der Waals surface area contributed by atoms with Crippen molar-refractivity contribution in [1.29, 1.82) is 0 Å². The monoisotopic (exact) mass is 246 g/mol. The summed E-state index contributed by atoms with van der Waals surface area (Å²) in [5.74, 6) is 1.78. The number of aromatic amines is 1. The Kier molecular flexibility index (Phi) is 2.89. The van der Waals surface area contributed by atoms with Crippen molar-refractivity contribution in [2.75, 3.05) is 0 Å². The summed E-state index contributed by atoms with van der Waals surface area (Å²) in [6.07, 6.45) is 7.14. The van der Waals surface area contributed by atoms with Crippen molar-refractivity contribution in [3.05, 3.63) is 41.3 Å². The lowest BCUT2D eigenvalue weighted by Gasteiger charge is -2.03. The fourth-order valence-corrected chi connectivity index (χ4v) is 2.65. The molecular formula is C14H15ClN2. The van der Waals surface area contributed by atoms with Crippen molar-refractivity contribution >= 4 is 11.6 Å². The molecule has 0 radical (unpaired) electrons. The van der Waals surface area contributed by atoms with Crippen LogP contribution in [0.2, 0.25) is 5.02 Å². The normalized spacial score (nSPS) is 16.5. The molecule has 1 aromatic carbocycles. The molecule has 1 aliphatic rings. The molecule has 2 nitrogen and oxygen atoms in total. The van der Waals surface area contributed by atoms with Gasteiger partial charge in [0.1, 0.15) is 5.82 Å². The summed E-state index contributed by atoms with van der Waals surface area (Å²) >= 11 is 5.88. The van der Waals surface area contributed by atoms with Crippen LogP contribution in [0.4, 0.5) is 0 Å². The Morgan fingerprint density at radius 1 is 1.12 bits per heavy atom. The zero-order valence-corrected chi connectivity index (χ0v) is 10.4. The van der Waals surface area contributed by atoms with E-state index in [1.54, 1.807) is 0 Å². The number of benzene rings is 1. The van der Waals surface area contributed by atoms with Gasteiger partial charge in [-0.3, -0.25) is 0 Å². The third-order valence-electron chi connectivity index (χ3n) is 3.49. The molecule has 1 N–H and O–H groups in total. The summed E-state index contributed by atoms with van der Waals surface area (Å²) in [5, 5.41) is 0.768. The van der Waals surface area contributed by atoms with Crippen LogP contribution in [-0.2, 0) is 0 Å². The van der Waals surface area contributed by atoms with Crippen LogP contribution in [-0.4, -0.2) is 9.97 Å². The maximum Gasteiger partial charge on any atom is 0.109 e. The minimum Gasteiger partial charge on any atom is -0.342 e. The van der Waals surface area contributed by atoms with Gasteiger partial charge in [0.2, 0.25) is 0 Å². The van der Waals surface area contributed by atoms with E-state index in [-0.39, 0.29) is 0 Å². The summed E-state index contributed by atoms with van der Waals surface area (Å²) in [6.45, 7) is 0. The van der Waals surface area contributed by atoms with Gasteiger partial charge in [0.15, 0.2) is 0 Å². The summed E-state index contributed by atoms with van der Waals surface area (Å²) in [6, 6.07) is 7.86. The predicted molar refractivity (Wildman–Crippen MR) is 70.2 cm³/mol. The number of halogens is 1. The van der Waals surface area contributed by atoms with Crippen LogP contribution in [0.5, 0.6) is 0 Å². The third-order valence-corrected chi connectivity index (χ3v) is 3.74. The molecule has 1 saturated carbocycles. The van der Waals surface area contributed by atoms with Gasteiger partial charge >= 0.3 is 0 Å². The first-order chi connectivity index (χ1) is 8.33. The third kappa shape index (κ3) is 2.22. The topological polar surface area (TPSA) is 28.7 Å². The Hall–Kier alpha value is -1.28. The molecule has 0 aliphatic heterocycles. The molecule has 0 amide bonds. The van der Waals surface area contributed by atoms with Gasteiger partial charge in [0.05, 0.1) is 11.9 Å². The quantitative estimate of drug-likeness (QED) is 0.837. The Balaban J connectivity index is 1.86. The Bertz CT molecular complexity index is 495. The summed E-state index contributed by atoms with van der Waals surface area (Å²) in [5.41, 5.74) is 2.23. The van der Waals surface area contributed by atoms with Crippen molar-refractivity contribution in [1.82, 2.24) is 9.97 Å². The molecule has 1 aromatic heterocycles. The maximum atomic E-state index is 5.88. The standard InChI is InChI=1S/C14H15ClN2/c15-12-7-5-10(6-8-12)13-9-16-14(17-13)11-3-1-2-4-11/h5-9,11H,1-4H2,(H,16,17). The van der Waals surface area contributed by atoms with Gasteiger partial charge in [-0.2, -0.15) is 0 Å². The van der Waals surface area contributed by atoms with E-state index in [4.69, 9.17) is 11.6 Å². The first-order valence-corrected chi connectivity index (χ1v) is 6.51. The van der Waals surface area contributed by atoms with Gasteiger partial charge in [-0.05, 0) is 30.5 Å². The molecule has 3 heteroatoms. The lowest BCUT2D eigenvalue weighted by Crippen LogP contribution is -1.94. The van der Waals surface area contributed by atoms with Gasteiger partial charge in [-0.1, -0.05) is 36.6 Å². The van der Waals surface area contributed by atoms with Crippen LogP contribution in [0.3, 0.4) is 0 Å². The van der Waals surface area contributed by atoms with Crippen LogP contribution >= 0.6 is 11.6 Å². The van der Waals surface area contributed by atoms with E-state index in [1.165, 1.54) is 25.7 Å². The van der Waals surface area contributed by atoms with Crippen molar-refractivity contribution in [2.24, 2.45) is 0 Å². The summed E-state index contributed by atoms with van der Waals surface area (Å²) in [7, 11) is 0. The van der Waals surface area contributed by atoms with Crippen LogP contribution in [0.1, 0.15) is 37.4 Å². The fourth-order valence-electron chi connectivity index (χ4n) is 2.52. The van der Waals surface area contributed by atoms with Crippen molar-refractivity contribution in [2.45, 2.75) is 31.6 Å². The second-order valence-corrected chi connectivity index (χ2v) is 5.11. The molecule has 88 valence electrons. The molecule has 2 aromatic rings. The van der Waals surface area contributed by atoms with Crippen LogP contribution in [0, 0.1) is 0 Å². The smallest absolute Gasteiger partial charge is 0.109 e. The number of rotatable bonds is 2. The predicted octanol–water partition coefficient (Wildman–Crippen LogP) is 4.39. The Morgan fingerprint density at radius 2 is 1.82 bits per heavy atom. The highest BCUT2D eigenvalue weighted by molar-refractivity contribution is 6.30. The Morgan fingerprint density at radius 3 is 2.53 bits per heavy atom. The van der Waals surface area contributed by atoms with Gasteiger partial charge < -0.3 is 4.98 Å². The number of H-pyrrole nitrogens is 1. The van der Waals surface area contributed by atoms with Gasteiger partial charge in [0.25, 0.3) is 0 Å². The van der Waals surface area contributed by atoms with Gasteiger partial charge in [0, 0.05) is 10.9 Å². The average molecular weight is 247 g/mol. The number of hydrogen-bond acceptors (Lipinski definition) is 1. The van der Waals surface area contributed by atoms with Crippen LogP contribution < -0.4 is 0 Å². The highest BCUT2D eigenvalue weighted by Crippen LogP contribution is 2.33. The molecule has 0 bridgehead atoms. The van der Waals surface area contributed by atoms with Crippen molar-refractivity contribution in [3.63, 3.8) is 0 Å². The highest BCUT2D eigenvalue weighted by Gasteiger charge is 2.19. The number of aromatic nitrogens is 2. The second-order valence-electron chi connectivity index (χ2n) is 4.67. The van der Waals surface area contributed by atoms with E-state index in [9.17, 15) is 0 Å². The number of imidazole rings is 1.